The van der Waals surface area contributed by atoms with Crippen LogP contribution in [-0.2, 0) is 29.6 Å². The van der Waals surface area contributed by atoms with Gasteiger partial charge in [-0.05, 0) is 67.1 Å². The van der Waals surface area contributed by atoms with Crippen LogP contribution in [0.3, 0.4) is 0 Å². The Morgan fingerprint density at radius 3 is 2.50 bits per heavy atom. The van der Waals surface area contributed by atoms with Crippen LogP contribution in [0.2, 0.25) is 0 Å². The lowest BCUT2D eigenvalue weighted by Gasteiger charge is -2.29. The number of carbonyl (C=O) groups excluding carboxylic acids is 2. The first-order chi connectivity index (χ1) is 19.4. The Labute approximate surface area is 236 Å². The number of imidazole rings is 1. The molecule has 2 amide bonds. The fraction of sp³-hybridized carbons (Fsp3) is 0.300. The Hall–Kier alpha value is -4.02. The van der Waals surface area contributed by atoms with Crippen molar-refractivity contribution in [3.63, 3.8) is 0 Å². The average Bonchev–Trinajstić information content (AvgIpc) is 3.41. The summed E-state index contributed by atoms with van der Waals surface area (Å²) < 4.78 is 18.9. The van der Waals surface area contributed by atoms with Crippen molar-refractivity contribution in [3.8, 4) is 17.2 Å². The van der Waals surface area contributed by atoms with Crippen LogP contribution in [0.25, 0.3) is 11.0 Å². The average molecular weight is 559 g/mol. The number of nitrogens with zero attached hydrogens (tertiary/aromatic N) is 3. The lowest BCUT2D eigenvalue weighted by atomic mass is 9.99. The van der Waals surface area contributed by atoms with Gasteiger partial charge in [0.15, 0.2) is 0 Å². The first-order valence-corrected chi connectivity index (χ1v) is 14.0. The van der Waals surface area contributed by atoms with E-state index in [4.69, 9.17) is 19.2 Å². The predicted molar refractivity (Wildman–Crippen MR) is 154 cm³/mol. The van der Waals surface area contributed by atoms with E-state index in [2.05, 4.69) is 22.3 Å². The molecule has 2 aliphatic rings. The maximum atomic E-state index is 12.1. The van der Waals surface area contributed by atoms with Gasteiger partial charge in [-0.15, -0.1) is 0 Å². The SMILES string of the molecule is Cn1c(COc2ccc(C[C@@]3(C)SC(=O)NC3=O)cc2)nc2ccc(Oc3cccc(N4CCOCC4)c3)cc21. The van der Waals surface area contributed by atoms with Crippen molar-refractivity contribution in [3.05, 3.63) is 78.1 Å². The highest BCUT2D eigenvalue weighted by Gasteiger charge is 2.43. The normalized spacial score (nSPS) is 19.2. The van der Waals surface area contributed by atoms with Gasteiger partial charge in [-0.1, -0.05) is 18.2 Å². The zero-order chi connectivity index (χ0) is 27.7. The van der Waals surface area contributed by atoms with Crippen molar-refractivity contribution in [2.24, 2.45) is 7.05 Å². The highest BCUT2D eigenvalue weighted by atomic mass is 32.2. The molecule has 6 rings (SSSR count). The smallest absolute Gasteiger partial charge is 0.286 e. The number of carbonyl (C=O) groups is 2. The maximum absolute atomic E-state index is 12.1. The molecule has 4 aromatic rings. The van der Waals surface area contributed by atoms with Gasteiger partial charge in [0, 0.05) is 38.0 Å². The fourth-order valence-electron chi connectivity index (χ4n) is 4.97. The Morgan fingerprint density at radius 2 is 1.75 bits per heavy atom. The Bertz CT molecular complexity index is 1560. The van der Waals surface area contributed by atoms with Crippen LogP contribution in [0, 0.1) is 0 Å². The molecular formula is C30H30N4O5S. The second-order valence-electron chi connectivity index (χ2n) is 10.1. The minimum atomic E-state index is -0.791. The summed E-state index contributed by atoms with van der Waals surface area (Å²) in [4.78, 5) is 30.8. The number of imide groups is 1. The number of amides is 2. The van der Waals surface area contributed by atoms with Gasteiger partial charge in [0.05, 0.1) is 24.2 Å². The summed E-state index contributed by atoms with van der Waals surface area (Å²) >= 11 is 1.04. The van der Waals surface area contributed by atoms with E-state index in [-0.39, 0.29) is 11.1 Å². The number of aromatic nitrogens is 2. The fourth-order valence-corrected chi connectivity index (χ4v) is 5.91. The molecular weight excluding hydrogens is 528 g/mol. The highest BCUT2D eigenvalue weighted by molar-refractivity contribution is 8.16. The lowest BCUT2D eigenvalue weighted by Crippen LogP contribution is -2.36. The van der Waals surface area contributed by atoms with Gasteiger partial charge in [0.1, 0.15) is 34.4 Å². The summed E-state index contributed by atoms with van der Waals surface area (Å²) in [6.07, 6.45) is 0.461. The van der Waals surface area contributed by atoms with Crippen molar-refractivity contribution >= 4 is 39.6 Å². The zero-order valence-electron chi connectivity index (χ0n) is 22.4. The van der Waals surface area contributed by atoms with Gasteiger partial charge in [-0.25, -0.2) is 4.98 Å². The summed E-state index contributed by atoms with van der Waals surface area (Å²) in [5.41, 5.74) is 3.90. The number of aryl methyl sites for hydroxylation is 1. The molecule has 2 fully saturated rings. The van der Waals surface area contributed by atoms with Gasteiger partial charge in [0.2, 0.25) is 5.91 Å². The number of morpholine rings is 1. The monoisotopic (exact) mass is 558 g/mol. The summed E-state index contributed by atoms with van der Waals surface area (Å²) in [5, 5.41) is 2.06. The number of hydrogen-bond acceptors (Lipinski definition) is 8. The summed E-state index contributed by atoms with van der Waals surface area (Å²) in [5.74, 6) is 2.76. The van der Waals surface area contributed by atoms with E-state index >= 15 is 0 Å². The first kappa shape index (κ1) is 26.2. The molecule has 3 heterocycles. The van der Waals surface area contributed by atoms with Gasteiger partial charge < -0.3 is 23.7 Å². The molecule has 0 aliphatic carbocycles. The molecule has 10 heteroatoms. The van der Waals surface area contributed by atoms with Gasteiger partial charge in [-0.2, -0.15) is 0 Å². The molecule has 3 aromatic carbocycles. The van der Waals surface area contributed by atoms with E-state index < -0.39 is 4.75 Å². The topological polar surface area (TPSA) is 94.9 Å². The third-order valence-electron chi connectivity index (χ3n) is 7.22. The van der Waals surface area contributed by atoms with E-state index in [0.717, 1.165) is 77.7 Å². The highest BCUT2D eigenvalue weighted by Crippen LogP contribution is 2.35. The van der Waals surface area contributed by atoms with E-state index in [1.165, 1.54) is 0 Å². The van der Waals surface area contributed by atoms with Crippen molar-refractivity contribution in [1.29, 1.82) is 0 Å². The molecule has 1 aromatic heterocycles. The molecule has 9 nitrogen and oxygen atoms in total. The molecule has 206 valence electrons. The van der Waals surface area contributed by atoms with Crippen LogP contribution in [0.5, 0.6) is 17.2 Å². The number of thioether (sulfide) groups is 1. The molecule has 0 unspecified atom stereocenters. The number of anilines is 1. The van der Waals surface area contributed by atoms with Crippen LogP contribution in [-0.4, -0.2) is 51.7 Å². The van der Waals surface area contributed by atoms with Crippen molar-refractivity contribution in [2.75, 3.05) is 31.2 Å². The van der Waals surface area contributed by atoms with Crippen molar-refractivity contribution in [2.45, 2.75) is 24.7 Å². The van der Waals surface area contributed by atoms with Crippen LogP contribution in [0.15, 0.2) is 66.7 Å². The number of ether oxygens (including phenoxy) is 3. The molecule has 40 heavy (non-hydrogen) atoms. The van der Waals surface area contributed by atoms with Crippen molar-refractivity contribution in [1.82, 2.24) is 14.9 Å². The van der Waals surface area contributed by atoms with Gasteiger partial charge in [0.25, 0.3) is 5.24 Å². The molecule has 0 saturated carbocycles. The summed E-state index contributed by atoms with van der Waals surface area (Å²) in [6.45, 7) is 5.31. The number of nitrogens with one attached hydrogen (secondary N) is 1. The number of benzene rings is 3. The second kappa shape index (κ2) is 10.9. The van der Waals surface area contributed by atoms with E-state index in [9.17, 15) is 9.59 Å². The van der Waals surface area contributed by atoms with Crippen LogP contribution in [0.4, 0.5) is 10.5 Å². The van der Waals surface area contributed by atoms with E-state index in [0.29, 0.717) is 18.8 Å². The zero-order valence-corrected chi connectivity index (χ0v) is 23.2. The third kappa shape index (κ3) is 5.50. The molecule has 1 N–H and O–H groups in total. The number of fused-ring (bicyclic) bond motifs is 1. The first-order valence-electron chi connectivity index (χ1n) is 13.2. The predicted octanol–water partition coefficient (Wildman–Crippen LogP) is 5.07. The van der Waals surface area contributed by atoms with Gasteiger partial charge in [-0.3, -0.25) is 14.9 Å². The van der Waals surface area contributed by atoms with E-state index in [1.54, 1.807) is 6.92 Å². The maximum Gasteiger partial charge on any atom is 0.286 e. The summed E-state index contributed by atoms with van der Waals surface area (Å²) in [6, 6.07) is 21.6. The Balaban J connectivity index is 1.11. The van der Waals surface area contributed by atoms with Crippen LogP contribution in [0.1, 0.15) is 18.3 Å². The number of rotatable bonds is 8. The standard InChI is InChI=1S/C30H30N4O5S/c1-30(28(35)32-29(36)40-30)18-20-6-8-22(9-7-20)38-19-27-31-25-11-10-24(17-26(25)33(27)2)39-23-5-3-4-21(16-23)34-12-14-37-15-13-34/h3-11,16-17H,12-15,18-19H2,1-2H3,(H,32,35,36)/t30-/m1/s1. The Morgan fingerprint density at radius 1 is 1.00 bits per heavy atom. The quantitative estimate of drug-likeness (QED) is 0.321. The number of hydrogen-bond donors (Lipinski definition) is 1. The molecule has 0 spiro atoms. The van der Waals surface area contributed by atoms with E-state index in [1.807, 2.05) is 66.2 Å². The minimum Gasteiger partial charge on any atom is -0.486 e. The van der Waals surface area contributed by atoms with Crippen molar-refractivity contribution < 1.29 is 23.8 Å². The van der Waals surface area contributed by atoms with Gasteiger partial charge >= 0.3 is 0 Å². The largest absolute Gasteiger partial charge is 0.486 e. The molecule has 1 atom stereocenters. The second-order valence-corrected chi connectivity index (χ2v) is 11.6. The summed E-state index contributed by atoms with van der Waals surface area (Å²) in [7, 11) is 1.96. The van der Waals surface area contributed by atoms with Crippen LogP contribution < -0.4 is 19.7 Å². The molecule has 2 saturated heterocycles. The molecule has 2 aliphatic heterocycles. The third-order valence-corrected chi connectivity index (χ3v) is 8.29. The van der Waals surface area contributed by atoms with Crippen LogP contribution >= 0.6 is 11.8 Å². The minimum absolute atomic E-state index is 0.250. The molecule has 0 bridgehead atoms. The molecule has 0 radical (unpaired) electrons. The lowest BCUT2D eigenvalue weighted by molar-refractivity contribution is -0.121. The Kier molecular flexibility index (Phi) is 7.12.